The van der Waals surface area contributed by atoms with Crippen LogP contribution in [0.2, 0.25) is 5.02 Å². The van der Waals surface area contributed by atoms with Gasteiger partial charge in [-0.15, -0.1) is 0 Å². The monoisotopic (exact) mass is 484 g/mol. The van der Waals surface area contributed by atoms with Crippen LogP contribution < -0.4 is 5.32 Å². The summed E-state index contributed by atoms with van der Waals surface area (Å²) in [7, 11) is 0. The van der Waals surface area contributed by atoms with Gasteiger partial charge in [0.15, 0.2) is 0 Å². The van der Waals surface area contributed by atoms with Crippen LogP contribution in [-0.2, 0) is 15.8 Å². The third-order valence-corrected chi connectivity index (χ3v) is 6.07. The maximum atomic E-state index is 13.0. The van der Waals surface area contributed by atoms with Crippen LogP contribution in [0.3, 0.4) is 0 Å². The molecule has 0 saturated carbocycles. The number of benzene rings is 2. The summed E-state index contributed by atoms with van der Waals surface area (Å²) >= 11 is 12.0. The Morgan fingerprint density at radius 1 is 1.23 bits per heavy atom. The molecule has 1 aliphatic rings. The van der Waals surface area contributed by atoms with Crippen LogP contribution in [0.25, 0.3) is 6.08 Å². The van der Waals surface area contributed by atoms with Gasteiger partial charge in [0.1, 0.15) is 4.32 Å². The molecule has 0 radical (unpaired) electrons. The van der Waals surface area contributed by atoms with Gasteiger partial charge in [0.2, 0.25) is 5.91 Å². The van der Waals surface area contributed by atoms with E-state index in [0.717, 1.165) is 35.0 Å². The first-order chi connectivity index (χ1) is 14.5. The molecule has 31 heavy (non-hydrogen) atoms. The molecule has 162 valence electrons. The molecule has 10 heteroatoms. The number of hydrogen-bond donors (Lipinski definition) is 1. The normalized spacial score (nSPS) is 15.6. The molecule has 1 aliphatic heterocycles. The minimum Gasteiger partial charge on any atom is -0.326 e. The van der Waals surface area contributed by atoms with Gasteiger partial charge >= 0.3 is 6.18 Å². The van der Waals surface area contributed by atoms with Crippen molar-refractivity contribution in [1.82, 2.24) is 4.90 Å². The van der Waals surface area contributed by atoms with Crippen LogP contribution in [0.1, 0.15) is 23.1 Å². The van der Waals surface area contributed by atoms with E-state index in [-0.39, 0.29) is 24.6 Å². The molecule has 0 unspecified atom stereocenters. The number of rotatable bonds is 5. The highest BCUT2D eigenvalue weighted by Gasteiger charge is 2.34. The highest BCUT2D eigenvalue weighted by atomic mass is 35.5. The smallest absolute Gasteiger partial charge is 0.326 e. The van der Waals surface area contributed by atoms with E-state index in [9.17, 15) is 22.8 Å². The summed E-state index contributed by atoms with van der Waals surface area (Å²) in [5, 5.41) is 1.94. The molecule has 0 atom stereocenters. The molecule has 0 bridgehead atoms. The molecule has 1 heterocycles. The Morgan fingerprint density at radius 3 is 2.55 bits per heavy atom. The lowest BCUT2D eigenvalue weighted by atomic mass is 10.1. The Balaban J connectivity index is 1.62. The molecule has 0 aliphatic carbocycles. The summed E-state index contributed by atoms with van der Waals surface area (Å²) in [5.74, 6) is -0.860. The van der Waals surface area contributed by atoms with Crippen LogP contribution in [0.5, 0.6) is 0 Å². The van der Waals surface area contributed by atoms with Crippen LogP contribution in [-0.4, -0.2) is 27.6 Å². The predicted molar refractivity (Wildman–Crippen MR) is 121 cm³/mol. The summed E-state index contributed by atoms with van der Waals surface area (Å²) in [6.45, 7) is 1.98. The number of anilines is 1. The number of aryl methyl sites for hydroxylation is 1. The molecule has 2 aromatic carbocycles. The highest BCUT2D eigenvalue weighted by molar-refractivity contribution is 8.26. The van der Waals surface area contributed by atoms with Crippen molar-refractivity contribution in [2.45, 2.75) is 19.5 Å². The molecule has 2 amide bonds. The number of carbonyl (C=O) groups is 2. The number of carbonyl (C=O) groups excluding carboxylic acids is 2. The number of thioether (sulfide) groups is 1. The third-order valence-electron chi connectivity index (χ3n) is 4.37. The summed E-state index contributed by atoms with van der Waals surface area (Å²) < 4.78 is 39.2. The molecule has 1 saturated heterocycles. The largest absolute Gasteiger partial charge is 0.417 e. The van der Waals surface area contributed by atoms with Crippen LogP contribution in [0.15, 0.2) is 47.4 Å². The molecule has 0 aromatic heterocycles. The van der Waals surface area contributed by atoms with Gasteiger partial charge in [-0.2, -0.15) is 13.2 Å². The lowest BCUT2D eigenvalue weighted by Gasteiger charge is -2.15. The molecular weight excluding hydrogens is 469 g/mol. The highest BCUT2D eigenvalue weighted by Crippen LogP contribution is 2.36. The zero-order valence-electron chi connectivity index (χ0n) is 16.1. The average molecular weight is 485 g/mol. The fourth-order valence-corrected chi connectivity index (χ4v) is 4.30. The van der Waals surface area contributed by atoms with Gasteiger partial charge in [-0.1, -0.05) is 65.4 Å². The minimum atomic E-state index is -4.64. The number of amides is 2. The molecule has 1 fully saturated rings. The van der Waals surface area contributed by atoms with Crippen molar-refractivity contribution in [3.8, 4) is 0 Å². The van der Waals surface area contributed by atoms with Gasteiger partial charge in [-0.25, -0.2) is 0 Å². The summed E-state index contributed by atoms with van der Waals surface area (Å²) in [4.78, 5) is 26.6. The summed E-state index contributed by atoms with van der Waals surface area (Å²) in [5.41, 5.74) is 0.877. The minimum absolute atomic E-state index is 0.0153. The van der Waals surface area contributed by atoms with Gasteiger partial charge in [0, 0.05) is 18.7 Å². The summed E-state index contributed by atoms with van der Waals surface area (Å²) in [6, 6.07) is 10.7. The second kappa shape index (κ2) is 9.42. The van der Waals surface area contributed by atoms with Crippen molar-refractivity contribution in [3.63, 3.8) is 0 Å². The van der Waals surface area contributed by atoms with E-state index in [1.54, 1.807) is 6.08 Å². The van der Waals surface area contributed by atoms with Gasteiger partial charge in [-0.3, -0.25) is 14.5 Å². The lowest BCUT2D eigenvalue weighted by molar-refractivity contribution is -0.137. The van der Waals surface area contributed by atoms with Crippen molar-refractivity contribution in [3.05, 3.63) is 69.1 Å². The van der Waals surface area contributed by atoms with E-state index in [1.807, 2.05) is 31.2 Å². The predicted octanol–water partition coefficient (Wildman–Crippen LogP) is 5.90. The number of hydrogen-bond acceptors (Lipinski definition) is 4. The van der Waals surface area contributed by atoms with Crippen LogP contribution in [0, 0.1) is 6.92 Å². The Morgan fingerprint density at radius 2 is 1.90 bits per heavy atom. The first-order valence-corrected chi connectivity index (χ1v) is 10.6. The topological polar surface area (TPSA) is 49.4 Å². The first-order valence-electron chi connectivity index (χ1n) is 9.03. The zero-order chi connectivity index (χ0) is 22.8. The summed E-state index contributed by atoms with van der Waals surface area (Å²) in [6.07, 6.45) is -3.04. The second-order valence-electron chi connectivity index (χ2n) is 6.73. The standard InChI is InChI=1S/C21H16ClF3N2O2S2/c1-12-2-4-13(5-3-12)10-17-19(29)27(20(30)31-17)9-8-18(28)26-14-6-7-16(22)15(11-14)21(23,24)25/h2-7,10-11H,8-9H2,1H3,(H,26,28)/b17-10-. The second-order valence-corrected chi connectivity index (χ2v) is 8.82. The van der Waals surface area contributed by atoms with Crippen molar-refractivity contribution in [1.29, 1.82) is 0 Å². The van der Waals surface area contributed by atoms with E-state index in [2.05, 4.69) is 5.32 Å². The van der Waals surface area contributed by atoms with Crippen LogP contribution in [0.4, 0.5) is 18.9 Å². The Hall–Kier alpha value is -2.36. The van der Waals surface area contributed by atoms with Gasteiger partial charge in [-0.05, 0) is 36.8 Å². The van der Waals surface area contributed by atoms with E-state index in [4.69, 9.17) is 23.8 Å². The van der Waals surface area contributed by atoms with Crippen molar-refractivity contribution in [2.24, 2.45) is 0 Å². The lowest BCUT2D eigenvalue weighted by Crippen LogP contribution is -2.31. The molecular formula is C21H16ClF3N2O2S2. The van der Waals surface area contributed by atoms with Gasteiger partial charge in [0.25, 0.3) is 5.91 Å². The number of nitrogens with one attached hydrogen (secondary N) is 1. The van der Waals surface area contributed by atoms with E-state index < -0.39 is 22.7 Å². The van der Waals surface area contributed by atoms with E-state index in [1.165, 1.54) is 11.0 Å². The van der Waals surface area contributed by atoms with Gasteiger partial charge in [0.05, 0.1) is 15.5 Å². The fraction of sp³-hybridized carbons (Fsp3) is 0.190. The van der Waals surface area contributed by atoms with Crippen molar-refractivity contribution < 1.29 is 22.8 Å². The molecule has 4 nitrogen and oxygen atoms in total. The SMILES string of the molecule is Cc1ccc(/C=C2\SC(=S)N(CCC(=O)Nc3ccc(Cl)c(C(F)(F)F)c3)C2=O)cc1. The number of nitrogens with zero attached hydrogens (tertiary/aromatic N) is 1. The Kier molecular flexibility index (Phi) is 7.08. The quantitative estimate of drug-likeness (QED) is 0.424. The molecule has 0 spiro atoms. The maximum absolute atomic E-state index is 13.0. The molecule has 3 rings (SSSR count). The Bertz CT molecular complexity index is 1070. The maximum Gasteiger partial charge on any atom is 0.417 e. The fourth-order valence-electron chi connectivity index (χ4n) is 2.76. The van der Waals surface area contributed by atoms with Crippen molar-refractivity contribution in [2.75, 3.05) is 11.9 Å². The number of halogens is 4. The molecule has 1 N–H and O–H groups in total. The van der Waals surface area contributed by atoms with E-state index >= 15 is 0 Å². The zero-order valence-corrected chi connectivity index (χ0v) is 18.5. The van der Waals surface area contributed by atoms with Crippen LogP contribution >= 0.6 is 35.6 Å². The van der Waals surface area contributed by atoms with Gasteiger partial charge < -0.3 is 5.32 Å². The number of alkyl halides is 3. The Labute approximate surface area is 191 Å². The number of thiocarbonyl (C=S) groups is 1. The van der Waals surface area contributed by atoms with Crippen molar-refractivity contribution >= 4 is 63.5 Å². The molecule has 2 aromatic rings. The first kappa shape index (κ1) is 23.3. The average Bonchev–Trinajstić information content (AvgIpc) is 2.95. The van der Waals surface area contributed by atoms with E-state index in [0.29, 0.717) is 9.23 Å². The third kappa shape index (κ3) is 5.87.